The third kappa shape index (κ3) is 6.20. The summed E-state index contributed by atoms with van der Waals surface area (Å²) in [7, 11) is 0. The first-order valence-electron chi connectivity index (χ1n) is 13.1. The predicted octanol–water partition coefficient (Wildman–Crippen LogP) is 5.43. The van der Waals surface area contributed by atoms with E-state index >= 15 is 0 Å². The van der Waals surface area contributed by atoms with Gasteiger partial charge in [-0.25, -0.2) is 9.78 Å². The number of nitrogens with zero attached hydrogens (tertiary/aromatic N) is 2. The first-order valence-corrected chi connectivity index (χ1v) is 13.1. The van der Waals surface area contributed by atoms with Gasteiger partial charge in [0.15, 0.2) is 6.29 Å². The summed E-state index contributed by atoms with van der Waals surface area (Å²) in [4.78, 5) is 16.3. The molecular weight excluding hydrogens is 494 g/mol. The summed E-state index contributed by atoms with van der Waals surface area (Å²) in [5.41, 5.74) is 5.71. The first kappa shape index (κ1) is 26.6. The van der Waals surface area contributed by atoms with Gasteiger partial charge in [0.25, 0.3) is 0 Å². The summed E-state index contributed by atoms with van der Waals surface area (Å²) in [5.74, 6) is 0.0486. The van der Waals surface area contributed by atoms with Crippen molar-refractivity contribution in [3.05, 3.63) is 114 Å². The number of imidazole rings is 1. The van der Waals surface area contributed by atoms with Gasteiger partial charge in [0.1, 0.15) is 6.61 Å². The van der Waals surface area contributed by atoms with Crippen molar-refractivity contribution >= 4 is 17.1 Å². The zero-order chi connectivity index (χ0) is 27.2. The number of carbonyl (C=O) groups is 1. The van der Waals surface area contributed by atoms with Crippen molar-refractivity contribution in [2.45, 2.75) is 45.1 Å². The molecule has 0 bridgehead atoms. The maximum absolute atomic E-state index is 11.7. The number of aromatic nitrogens is 2. The van der Waals surface area contributed by atoms with Crippen LogP contribution in [0.2, 0.25) is 0 Å². The summed E-state index contributed by atoms with van der Waals surface area (Å²) in [6.07, 6.45) is 1.95. The number of nitrogens with one attached hydrogen (secondary N) is 1. The fourth-order valence-electron chi connectivity index (χ4n) is 4.83. The van der Waals surface area contributed by atoms with E-state index < -0.39 is 12.4 Å². The normalized spacial score (nSPS) is 21.0. The molecule has 1 aliphatic rings. The number of aliphatic hydroxyl groups is 1. The maximum Gasteiger partial charge on any atom is 0.407 e. The van der Waals surface area contributed by atoms with E-state index in [1.165, 1.54) is 6.08 Å². The lowest BCUT2D eigenvalue weighted by Gasteiger charge is -2.41. The Morgan fingerprint density at radius 3 is 2.51 bits per heavy atom. The van der Waals surface area contributed by atoms with Crippen LogP contribution < -0.4 is 5.32 Å². The summed E-state index contributed by atoms with van der Waals surface area (Å²) in [5, 5.41) is 12.2. The van der Waals surface area contributed by atoms with E-state index in [2.05, 4.69) is 34.4 Å². The average Bonchev–Trinajstić information content (AvgIpc) is 3.39. The molecule has 3 aromatic carbocycles. The molecule has 1 aromatic heterocycles. The molecule has 2 N–H and O–H groups in total. The second-order valence-corrected chi connectivity index (χ2v) is 9.69. The summed E-state index contributed by atoms with van der Waals surface area (Å²) in [6.45, 7) is 6.81. The highest BCUT2D eigenvalue weighted by molar-refractivity contribution is 5.74. The van der Waals surface area contributed by atoms with Crippen molar-refractivity contribution in [2.75, 3.05) is 6.61 Å². The standard InChI is InChI=1S/C31H33N3O5/c1-3-16-37-31(36)32-17-22-8-14-25(15-9-22)30-38-28(18-34-20-33-26-6-4-5-7-27(26)34)21(2)29(39-30)24-12-10-23(19-35)11-13-24/h3-15,20-21,28-30,35H,1,16-19H2,2H3,(H,32,36)/t21-,28+,29+,30+/m0/s1. The molecule has 2 heterocycles. The number of fused-ring (bicyclic) bond motifs is 1. The Morgan fingerprint density at radius 2 is 1.77 bits per heavy atom. The van der Waals surface area contributed by atoms with Crippen molar-refractivity contribution in [2.24, 2.45) is 5.92 Å². The number of aliphatic hydroxyl groups excluding tert-OH is 1. The number of carbonyl (C=O) groups excluding carboxylic acids is 1. The molecule has 8 nitrogen and oxygen atoms in total. The van der Waals surface area contributed by atoms with E-state index in [9.17, 15) is 9.90 Å². The molecule has 0 spiro atoms. The van der Waals surface area contributed by atoms with Crippen molar-refractivity contribution < 1.29 is 24.1 Å². The van der Waals surface area contributed by atoms with Crippen LogP contribution in [0.1, 0.15) is 41.6 Å². The van der Waals surface area contributed by atoms with Gasteiger partial charge in [0, 0.05) is 18.0 Å². The number of hydrogen-bond acceptors (Lipinski definition) is 6. The Hall–Kier alpha value is -3.98. The van der Waals surface area contributed by atoms with Crippen molar-refractivity contribution in [3.63, 3.8) is 0 Å². The highest BCUT2D eigenvalue weighted by atomic mass is 16.7. The third-order valence-corrected chi connectivity index (χ3v) is 7.05. The lowest BCUT2D eigenvalue weighted by atomic mass is 9.90. The molecule has 39 heavy (non-hydrogen) atoms. The fraction of sp³-hybridized carbons (Fsp3) is 0.290. The van der Waals surface area contributed by atoms with Crippen LogP contribution in [0.3, 0.4) is 0 Å². The van der Waals surface area contributed by atoms with E-state index in [1.807, 2.05) is 73.1 Å². The largest absolute Gasteiger partial charge is 0.445 e. The fourth-order valence-corrected chi connectivity index (χ4v) is 4.83. The van der Waals surface area contributed by atoms with E-state index in [0.29, 0.717) is 13.1 Å². The molecule has 4 aromatic rings. The number of hydrogen-bond donors (Lipinski definition) is 2. The van der Waals surface area contributed by atoms with Crippen LogP contribution in [0, 0.1) is 5.92 Å². The van der Waals surface area contributed by atoms with Gasteiger partial charge < -0.3 is 29.2 Å². The second kappa shape index (κ2) is 12.3. The van der Waals surface area contributed by atoms with Crippen molar-refractivity contribution in [1.82, 2.24) is 14.9 Å². The van der Waals surface area contributed by atoms with Gasteiger partial charge in [-0.15, -0.1) is 0 Å². The molecule has 0 saturated carbocycles. The van der Waals surface area contributed by atoms with Gasteiger partial charge in [-0.1, -0.05) is 80.2 Å². The summed E-state index contributed by atoms with van der Waals surface area (Å²) >= 11 is 0. The quantitative estimate of drug-likeness (QED) is 0.282. The van der Waals surface area contributed by atoms with E-state index in [-0.39, 0.29) is 31.3 Å². The summed E-state index contributed by atoms with van der Waals surface area (Å²) in [6, 6.07) is 23.7. The minimum atomic E-state index is -0.580. The minimum Gasteiger partial charge on any atom is -0.445 e. The molecular formula is C31H33N3O5. The van der Waals surface area contributed by atoms with Gasteiger partial charge in [0.2, 0.25) is 0 Å². The molecule has 1 aliphatic heterocycles. The van der Waals surface area contributed by atoms with E-state index in [0.717, 1.165) is 33.3 Å². The van der Waals surface area contributed by atoms with Gasteiger partial charge in [0.05, 0.1) is 42.7 Å². The van der Waals surface area contributed by atoms with Gasteiger partial charge in [-0.3, -0.25) is 0 Å². The zero-order valence-corrected chi connectivity index (χ0v) is 21.9. The number of alkyl carbamates (subject to hydrolysis) is 1. The number of para-hydroxylation sites is 2. The van der Waals surface area contributed by atoms with Crippen LogP contribution in [-0.4, -0.2) is 33.5 Å². The molecule has 0 unspecified atom stereocenters. The molecule has 5 rings (SSSR count). The molecule has 0 aliphatic carbocycles. The van der Waals surface area contributed by atoms with Crippen LogP contribution in [0.4, 0.5) is 4.79 Å². The lowest BCUT2D eigenvalue weighted by Crippen LogP contribution is -2.39. The molecule has 1 saturated heterocycles. The Labute approximate surface area is 227 Å². The lowest BCUT2D eigenvalue weighted by molar-refractivity contribution is -0.276. The van der Waals surface area contributed by atoms with Crippen LogP contribution in [0.15, 0.2) is 91.8 Å². The number of rotatable bonds is 9. The first-order chi connectivity index (χ1) is 19.1. The molecule has 1 amide bonds. The van der Waals surface area contributed by atoms with Crippen LogP contribution in [0.5, 0.6) is 0 Å². The maximum atomic E-state index is 11.7. The zero-order valence-electron chi connectivity index (χ0n) is 21.9. The van der Waals surface area contributed by atoms with Gasteiger partial charge in [-0.2, -0.15) is 0 Å². The molecule has 202 valence electrons. The Kier molecular flexibility index (Phi) is 8.36. The smallest absolute Gasteiger partial charge is 0.407 e. The van der Waals surface area contributed by atoms with Crippen LogP contribution in [0.25, 0.3) is 11.0 Å². The monoisotopic (exact) mass is 527 g/mol. The Bertz CT molecular complexity index is 1400. The third-order valence-electron chi connectivity index (χ3n) is 7.05. The molecule has 8 heteroatoms. The number of amides is 1. The van der Waals surface area contributed by atoms with Crippen LogP contribution in [-0.2, 0) is 33.9 Å². The van der Waals surface area contributed by atoms with Crippen molar-refractivity contribution in [1.29, 1.82) is 0 Å². The van der Waals surface area contributed by atoms with E-state index in [1.54, 1.807) is 0 Å². The topological polar surface area (TPSA) is 94.8 Å². The number of ether oxygens (including phenoxy) is 3. The Balaban J connectivity index is 1.37. The molecule has 4 atom stereocenters. The minimum absolute atomic E-state index is 0.00337. The highest BCUT2D eigenvalue weighted by Crippen LogP contribution is 2.42. The average molecular weight is 528 g/mol. The highest BCUT2D eigenvalue weighted by Gasteiger charge is 2.38. The SMILES string of the molecule is C=CCOC(=O)NCc1ccc([C@@H]2O[C@H](Cn3cnc4ccccc43)[C@H](C)[C@H](c3ccc(CO)cc3)O2)cc1. The number of benzene rings is 3. The predicted molar refractivity (Wildman–Crippen MR) is 148 cm³/mol. The van der Waals surface area contributed by atoms with Gasteiger partial charge in [-0.05, 0) is 28.8 Å². The van der Waals surface area contributed by atoms with E-state index in [4.69, 9.17) is 14.2 Å². The second-order valence-electron chi connectivity index (χ2n) is 9.69. The molecule has 1 fully saturated rings. The summed E-state index contributed by atoms with van der Waals surface area (Å²) < 4.78 is 20.2. The van der Waals surface area contributed by atoms with Crippen LogP contribution >= 0.6 is 0 Å². The molecule has 0 radical (unpaired) electrons. The van der Waals surface area contributed by atoms with Gasteiger partial charge >= 0.3 is 6.09 Å². The Morgan fingerprint density at radius 1 is 1.05 bits per heavy atom. The van der Waals surface area contributed by atoms with Crippen molar-refractivity contribution in [3.8, 4) is 0 Å².